The van der Waals surface area contributed by atoms with Gasteiger partial charge in [-0.2, -0.15) is 0 Å². The normalized spacial score (nSPS) is 10.4. The fourth-order valence-corrected chi connectivity index (χ4v) is 1.61. The van der Waals surface area contributed by atoms with E-state index >= 15 is 0 Å². The lowest BCUT2D eigenvalue weighted by Gasteiger charge is -2.09. The second-order valence-electron chi connectivity index (χ2n) is 3.20. The van der Waals surface area contributed by atoms with E-state index in [1.807, 2.05) is 6.92 Å². The predicted molar refractivity (Wildman–Crippen MR) is 61.8 cm³/mol. The van der Waals surface area contributed by atoms with Crippen LogP contribution in [0.15, 0.2) is 23.1 Å². The van der Waals surface area contributed by atoms with Gasteiger partial charge < -0.3 is 10.5 Å². The summed E-state index contributed by atoms with van der Waals surface area (Å²) in [6.45, 7) is 2.46. The molecule has 0 aromatic heterocycles. The highest BCUT2D eigenvalue weighted by Crippen LogP contribution is 2.20. The third-order valence-corrected chi connectivity index (χ3v) is 2.63. The van der Waals surface area contributed by atoms with Gasteiger partial charge in [0.2, 0.25) is 0 Å². The fraction of sp³-hybridized carbons (Fsp3) is 0.300. The molecule has 1 aromatic carbocycles. The van der Waals surface area contributed by atoms with Crippen LogP contribution in [-0.4, -0.2) is 20.9 Å². The molecule has 88 valence electrons. The van der Waals surface area contributed by atoms with Crippen LogP contribution in [0.4, 0.5) is 0 Å². The first-order valence-corrected chi connectivity index (χ1v) is 5.99. The van der Waals surface area contributed by atoms with Crippen molar-refractivity contribution in [1.29, 1.82) is 5.41 Å². The van der Waals surface area contributed by atoms with Crippen molar-refractivity contribution in [3.63, 3.8) is 0 Å². The Morgan fingerprint density at radius 1 is 1.50 bits per heavy atom. The summed E-state index contributed by atoms with van der Waals surface area (Å²) in [7, 11) is -2.67. The Morgan fingerprint density at radius 2 is 2.19 bits per heavy atom. The molecule has 0 bridgehead atoms. The molecule has 0 aliphatic carbocycles. The van der Waals surface area contributed by atoms with E-state index in [0.717, 1.165) is 6.42 Å². The van der Waals surface area contributed by atoms with Crippen LogP contribution < -0.4 is 10.5 Å². The molecule has 1 rings (SSSR count). The number of thiol groups is 1. The van der Waals surface area contributed by atoms with Gasteiger partial charge in [-0.1, -0.05) is 6.92 Å². The van der Waals surface area contributed by atoms with Gasteiger partial charge in [0.15, 0.2) is 10.7 Å². The summed E-state index contributed by atoms with van der Waals surface area (Å²) in [5.74, 6) is 0.236. The zero-order valence-electron chi connectivity index (χ0n) is 8.90. The molecule has 0 fully saturated rings. The highest BCUT2D eigenvalue weighted by atomic mass is 32.2. The topological polar surface area (TPSA) is 93.2 Å². The van der Waals surface area contributed by atoms with E-state index in [4.69, 9.17) is 15.9 Å². The molecule has 6 heteroatoms. The van der Waals surface area contributed by atoms with Crippen LogP contribution in [0, 0.1) is 5.41 Å². The Kier molecular flexibility index (Phi) is 4.30. The van der Waals surface area contributed by atoms with E-state index in [9.17, 15) is 8.42 Å². The first kappa shape index (κ1) is 12.5. The van der Waals surface area contributed by atoms with Crippen molar-refractivity contribution in [2.75, 3.05) is 6.61 Å². The highest BCUT2D eigenvalue weighted by Gasteiger charge is 2.08. The second kappa shape index (κ2) is 5.50. The van der Waals surface area contributed by atoms with Crippen LogP contribution in [0.25, 0.3) is 0 Å². The van der Waals surface area contributed by atoms with Gasteiger partial charge in [-0.05, 0) is 24.6 Å². The van der Waals surface area contributed by atoms with Gasteiger partial charge >= 0.3 is 0 Å². The third kappa shape index (κ3) is 2.96. The number of nitrogen functional groups attached to an aromatic ring is 1. The summed E-state index contributed by atoms with van der Waals surface area (Å²) < 4.78 is 26.9. The van der Waals surface area contributed by atoms with Gasteiger partial charge in [0.05, 0.1) is 17.1 Å². The monoisotopic (exact) mass is 242 g/mol. The van der Waals surface area contributed by atoms with Crippen LogP contribution in [0.1, 0.15) is 18.9 Å². The molecule has 0 aliphatic heterocycles. The Morgan fingerprint density at radius 3 is 2.69 bits per heavy atom. The Bertz CT molecular complexity index is 461. The summed E-state index contributed by atoms with van der Waals surface area (Å²) in [4.78, 5) is 0.129. The number of hydrogen-bond donors (Lipinski definition) is 3. The number of benzene rings is 1. The maximum absolute atomic E-state index is 10.8. The molecular formula is C10H14N2O3S. The largest absolute Gasteiger partial charge is 0.493 e. The molecule has 0 saturated heterocycles. The maximum atomic E-state index is 10.8. The molecule has 0 spiro atoms. The first-order chi connectivity index (χ1) is 7.56. The third-order valence-electron chi connectivity index (χ3n) is 1.93. The Balaban J connectivity index is 3.14. The molecule has 0 saturated carbocycles. The lowest BCUT2D eigenvalue weighted by atomic mass is 10.2. The van der Waals surface area contributed by atoms with Crippen molar-refractivity contribution in [3.8, 4) is 5.75 Å². The van der Waals surface area contributed by atoms with Gasteiger partial charge in [0.1, 0.15) is 11.6 Å². The van der Waals surface area contributed by atoms with Gasteiger partial charge in [-0.3, -0.25) is 5.41 Å². The number of nitrogens with one attached hydrogen (secondary N) is 1. The van der Waals surface area contributed by atoms with E-state index in [1.54, 1.807) is 0 Å². The summed E-state index contributed by atoms with van der Waals surface area (Å²) in [6, 6.07) is 4.30. The summed E-state index contributed by atoms with van der Waals surface area (Å²) >= 11 is 0. The van der Waals surface area contributed by atoms with Crippen LogP contribution in [-0.2, 0) is 10.7 Å². The number of rotatable bonds is 5. The van der Waals surface area contributed by atoms with Gasteiger partial charge in [-0.25, -0.2) is 8.42 Å². The second-order valence-corrected chi connectivity index (χ2v) is 4.23. The molecular weight excluding hydrogens is 228 g/mol. The fourth-order valence-electron chi connectivity index (χ4n) is 1.18. The minimum Gasteiger partial charge on any atom is -0.493 e. The zero-order valence-corrected chi connectivity index (χ0v) is 9.79. The quantitative estimate of drug-likeness (QED) is 0.403. The Labute approximate surface area is 95.7 Å². The lowest BCUT2D eigenvalue weighted by molar-refractivity contribution is 0.316. The Hall–Kier alpha value is -1.56. The van der Waals surface area contributed by atoms with E-state index in [2.05, 4.69) is 0 Å². The first-order valence-electron chi connectivity index (χ1n) is 4.82. The molecule has 0 unspecified atom stereocenters. The molecule has 0 radical (unpaired) electrons. The van der Waals surface area contributed by atoms with E-state index in [0.29, 0.717) is 17.9 Å². The zero-order chi connectivity index (χ0) is 12.1. The lowest BCUT2D eigenvalue weighted by Crippen LogP contribution is -2.13. The van der Waals surface area contributed by atoms with Crippen LogP contribution in [0.5, 0.6) is 5.75 Å². The summed E-state index contributed by atoms with van der Waals surface area (Å²) in [5, 5.41) is 7.35. The number of nitrogens with two attached hydrogens (primary N) is 1. The molecule has 3 N–H and O–H groups in total. The molecule has 0 heterocycles. The maximum Gasteiger partial charge on any atom is 0.168 e. The smallest absolute Gasteiger partial charge is 0.168 e. The number of hydrogen-bond acceptors (Lipinski definition) is 4. The number of amidine groups is 1. The standard InChI is InChI=1S/C10H14N2O3S/c1-2-5-15-9-4-3-7(16(13)14)6-8(9)10(11)12/h3-4,6,16H,2,5H2,1H3,(H3,11,12). The van der Waals surface area contributed by atoms with E-state index in [-0.39, 0.29) is 10.7 Å². The average molecular weight is 242 g/mol. The van der Waals surface area contributed by atoms with Gasteiger partial charge in [0, 0.05) is 0 Å². The summed E-state index contributed by atoms with van der Waals surface area (Å²) in [6.07, 6.45) is 0.828. The van der Waals surface area contributed by atoms with Crippen molar-refractivity contribution in [1.82, 2.24) is 0 Å². The van der Waals surface area contributed by atoms with Crippen molar-refractivity contribution < 1.29 is 13.2 Å². The minimum absolute atomic E-state index is 0.129. The predicted octanol–water partition coefficient (Wildman–Crippen LogP) is 0.730. The van der Waals surface area contributed by atoms with Gasteiger partial charge in [-0.15, -0.1) is 0 Å². The average Bonchev–Trinajstić information content (AvgIpc) is 2.25. The van der Waals surface area contributed by atoms with Crippen LogP contribution in [0.2, 0.25) is 0 Å². The van der Waals surface area contributed by atoms with Gasteiger partial charge in [0.25, 0.3) is 0 Å². The van der Waals surface area contributed by atoms with E-state index in [1.165, 1.54) is 18.2 Å². The molecule has 0 atom stereocenters. The molecule has 1 aromatic rings. The van der Waals surface area contributed by atoms with Crippen molar-refractivity contribution in [2.24, 2.45) is 5.73 Å². The molecule has 0 aliphatic rings. The van der Waals surface area contributed by atoms with Crippen LogP contribution >= 0.6 is 0 Å². The summed E-state index contributed by atoms with van der Waals surface area (Å²) in [5.41, 5.74) is 5.67. The highest BCUT2D eigenvalue weighted by molar-refractivity contribution is 7.72. The van der Waals surface area contributed by atoms with E-state index < -0.39 is 10.7 Å². The number of ether oxygens (including phenoxy) is 1. The minimum atomic E-state index is -2.67. The van der Waals surface area contributed by atoms with Crippen molar-refractivity contribution in [3.05, 3.63) is 23.8 Å². The molecule has 16 heavy (non-hydrogen) atoms. The van der Waals surface area contributed by atoms with Crippen molar-refractivity contribution >= 4 is 16.5 Å². The SMILES string of the molecule is CCCOc1ccc([SH](=O)=O)cc1C(=N)N. The van der Waals surface area contributed by atoms with Crippen LogP contribution in [0.3, 0.4) is 0 Å². The molecule has 0 amide bonds. The molecule has 5 nitrogen and oxygen atoms in total. The van der Waals surface area contributed by atoms with Crippen molar-refractivity contribution in [2.45, 2.75) is 18.2 Å².